The molecule has 0 spiro atoms. The van der Waals surface area contributed by atoms with E-state index in [9.17, 15) is 4.79 Å². The Hall–Kier alpha value is -1.89. The first-order valence-corrected chi connectivity index (χ1v) is 8.92. The van der Waals surface area contributed by atoms with Crippen molar-refractivity contribution >= 4 is 27.6 Å². The monoisotopic (exact) mass is 404 g/mol. The van der Waals surface area contributed by atoms with E-state index >= 15 is 0 Å². The fraction of sp³-hybridized carbons (Fsp3) is 0.316. The van der Waals surface area contributed by atoms with Crippen molar-refractivity contribution in [3.8, 4) is 0 Å². The molecule has 0 saturated carbocycles. The lowest BCUT2D eigenvalue weighted by Crippen LogP contribution is -2.52. The number of ether oxygens (including phenoxy) is 2. The van der Waals surface area contributed by atoms with Crippen LogP contribution in [0.2, 0.25) is 0 Å². The summed E-state index contributed by atoms with van der Waals surface area (Å²) < 4.78 is 12.7. The molecule has 2 amide bonds. The van der Waals surface area contributed by atoms with E-state index in [0.29, 0.717) is 12.3 Å². The van der Waals surface area contributed by atoms with Gasteiger partial charge in [0.2, 0.25) is 0 Å². The lowest BCUT2D eigenvalue weighted by Gasteiger charge is -2.41. The predicted molar refractivity (Wildman–Crippen MR) is 100 cm³/mol. The molecule has 25 heavy (non-hydrogen) atoms. The van der Waals surface area contributed by atoms with Crippen molar-refractivity contribution in [1.29, 1.82) is 0 Å². The standard InChI is InChI=1S/C19H21BrN2O3/c1-19(2)24-12-16(17(25-19)13-7-4-3-5-8-13)22-18(23)21-15-10-6-9-14(20)11-15/h3-11,16-17H,12H2,1-2H3,(H2,21,22,23)/t16-,17+/m0/s1. The number of carbonyl (C=O) groups excluding carboxylic acids is 1. The van der Waals surface area contributed by atoms with E-state index in [0.717, 1.165) is 10.0 Å². The number of benzene rings is 2. The molecule has 2 atom stereocenters. The van der Waals surface area contributed by atoms with E-state index in [1.165, 1.54) is 0 Å². The lowest BCUT2D eigenvalue weighted by atomic mass is 10.0. The summed E-state index contributed by atoms with van der Waals surface area (Å²) in [7, 11) is 0. The zero-order valence-electron chi connectivity index (χ0n) is 14.2. The highest BCUT2D eigenvalue weighted by molar-refractivity contribution is 9.10. The molecule has 1 fully saturated rings. The van der Waals surface area contributed by atoms with Gasteiger partial charge in [-0.25, -0.2) is 4.79 Å². The maximum atomic E-state index is 12.4. The van der Waals surface area contributed by atoms with Crippen LogP contribution in [-0.2, 0) is 9.47 Å². The molecule has 132 valence electrons. The van der Waals surface area contributed by atoms with Gasteiger partial charge in [0.1, 0.15) is 6.10 Å². The third-order valence-corrected chi connectivity index (χ3v) is 4.41. The second-order valence-corrected chi connectivity index (χ2v) is 7.29. The molecule has 0 bridgehead atoms. The Kier molecular flexibility index (Phi) is 5.42. The van der Waals surface area contributed by atoms with Crippen LogP contribution in [-0.4, -0.2) is 24.5 Å². The van der Waals surface area contributed by atoms with Gasteiger partial charge in [-0.2, -0.15) is 0 Å². The van der Waals surface area contributed by atoms with Crippen molar-refractivity contribution in [3.05, 3.63) is 64.6 Å². The van der Waals surface area contributed by atoms with Crippen LogP contribution in [0.3, 0.4) is 0 Å². The number of hydrogen-bond donors (Lipinski definition) is 2. The van der Waals surface area contributed by atoms with Crippen molar-refractivity contribution in [2.75, 3.05) is 11.9 Å². The fourth-order valence-electron chi connectivity index (χ4n) is 2.76. The van der Waals surface area contributed by atoms with Gasteiger partial charge in [-0.05, 0) is 37.6 Å². The van der Waals surface area contributed by atoms with Crippen molar-refractivity contribution in [2.24, 2.45) is 0 Å². The van der Waals surface area contributed by atoms with Gasteiger partial charge in [0.15, 0.2) is 5.79 Å². The van der Waals surface area contributed by atoms with Gasteiger partial charge >= 0.3 is 6.03 Å². The normalized spacial score (nSPS) is 22.2. The molecule has 2 aromatic rings. The number of rotatable bonds is 3. The number of hydrogen-bond acceptors (Lipinski definition) is 3. The molecule has 3 rings (SSSR count). The summed E-state index contributed by atoms with van der Waals surface area (Å²) in [6, 6.07) is 16.7. The van der Waals surface area contributed by atoms with Gasteiger partial charge in [0.25, 0.3) is 0 Å². The van der Waals surface area contributed by atoms with E-state index in [4.69, 9.17) is 9.47 Å². The summed E-state index contributed by atoms with van der Waals surface area (Å²) in [6.07, 6.45) is -0.279. The molecule has 2 N–H and O–H groups in total. The van der Waals surface area contributed by atoms with Crippen LogP contribution in [0.5, 0.6) is 0 Å². The third kappa shape index (κ3) is 4.81. The number of urea groups is 1. The van der Waals surface area contributed by atoms with Crippen LogP contribution >= 0.6 is 15.9 Å². The summed E-state index contributed by atoms with van der Waals surface area (Å²) in [5, 5.41) is 5.79. The molecule has 6 heteroatoms. The van der Waals surface area contributed by atoms with Gasteiger partial charge in [0.05, 0.1) is 12.6 Å². The first-order valence-electron chi connectivity index (χ1n) is 8.13. The summed E-state index contributed by atoms with van der Waals surface area (Å²) in [6.45, 7) is 4.12. The Bertz CT molecular complexity index is 736. The molecule has 1 heterocycles. The second-order valence-electron chi connectivity index (χ2n) is 6.38. The predicted octanol–water partition coefficient (Wildman–Crippen LogP) is 4.46. The highest BCUT2D eigenvalue weighted by Crippen LogP contribution is 2.33. The lowest BCUT2D eigenvalue weighted by molar-refractivity contribution is -0.284. The summed E-state index contributed by atoms with van der Waals surface area (Å²) in [5.74, 6) is -0.695. The Morgan fingerprint density at radius 2 is 1.92 bits per heavy atom. The summed E-state index contributed by atoms with van der Waals surface area (Å²) in [5.41, 5.74) is 1.72. The first-order chi connectivity index (χ1) is 11.9. The number of amides is 2. The molecule has 1 saturated heterocycles. The van der Waals surface area contributed by atoms with Crippen LogP contribution < -0.4 is 10.6 Å². The van der Waals surface area contributed by atoms with E-state index in [1.54, 1.807) is 0 Å². The zero-order chi connectivity index (χ0) is 17.9. The molecular weight excluding hydrogens is 384 g/mol. The van der Waals surface area contributed by atoms with Crippen LogP contribution in [0.15, 0.2) is 59.1 Å². The van der Waals surface area contributed by atoms with E-state index in [-0.39, 0.29) is 18.2 Å². The number of carbonyl (C=O) groups is 1. The number of halogens is 1. The quantitative estimate of drug-likeness (QED) is 0.793. The SMILES string of the molecule is CC1(C)OC[C@H](NC(=O)Nc2cccc(Br)c2)[C@@H](c2ccccc2)O1. The smallest absolute Gasteiger partial charge is 0.319 e. The average Bonchev–Trinajstić information content (AvgIpc) is 2.57. The number of nitrogens with one attached hydrogen (secondary N) is 2. The van der Waals surface area contributed by atoms with Crippen molar-refractivity contribution in [3.63, 3.8) is 0 Å². The van der Waals surface area contributed by atoms with Crippen molar-refractivity contribution < 1.29 is 14.3 Å². The Balaban J connectivity index is 1.71. The Morgan fingerprint density at radius 3 is 2.64 bits per heavy atom. The van der Waals surface area contributed by atoms with Gasteiger partial charge in [-0.15, -0.1) is 0 Å². The van der Waals surface area contributed by atoms with E-state index in [1.807, 2.05) is 68.4 Å². The van der Waals surface area contributed by atoms with Crippen molar-refractivity contribution in [1.82, 2.24) is 5.32 Å². The fourth-order valence-corrected chi connectivity index (χ4v) is 3.16. The molecule has 0 aromatic heterocycles. The van der Waals surface area contributed by atoms with Gasteiger partial charge in [-0.3, -0.25) is 0 Å². The van der Waals surface area contributed by atoms with Crippen LogP contribution in [0.1, 0.15) is 25.5 Å². The minimum atomic E-state index is -0.695. The largest absolute Gasteiger partial charge is 0.348 e. The highest BCUT2D eigenvalue weighted by Gasteiger charge is 2.38. The molecule has 0 radical (unpaired) electrons. The molecular formula is C19H21BrN2O3. The molecule has 5 nitrogen and oxygen atoms in total. The van der Waals surface area contributed by atoms with Crippen LogP contribution in [0.4, 0.5) is 10.5 Å². The maximum absolute atomic E-state index is 12.4. The van der Waals surface area contributed by atoms with Gasteiger partial charge < -0.3 is 20.1 Å². The molecule has 2 aromatic carbocycles. The molecule has 1 aliphatic rings. The Labute approximate surface area is 155 Å². The topological polar surface area (TPSA) is 59.6 Å². The third-order valence-electron chi connectivity index (χ3n) is 3.91. The molecule has 1 aliphatic heterocycles. The summed E-state index contributed by atoms with van der Waals surface area (Å²) in [4.78, 5) is 12.4. The van der Waals surface area contributed by atoms with Crippen LogP contribution in [0.25, 0.3) is 0 Å². The first kappa shape index (κ1) is 17.9. The van der Waals surface area contributed by atoms with E-state index < -0.39 is 5.79 Å². The Morgan fingerprint density at radius 1 is 1.16 bits per heavy atom. The van der Waals surface area contributed by atoms with Crippen molar-refractivity contribution in [2.45, 2.75) is 31.8 Å². The van der Waals surface area contributed by atoms with E-state index in [2.05, 4.69) is 26.6 Å². The van der Waals surface area contributed by atoms with Crippen LogP contribution in [0, 0.1) is 0 Å². The minimum absolute atomic E-state index is 0.279. The second kappa shape index (κ2) is 7.56. The highest BCUT2D eigenvalue weighted by atomic mass is 79.9. The minimum Gasteiger partial charge on any atom is -0.348 e. The molecule has 0 unspecified atom stereocenters. The average molecular weight is 405 g/mol. The zero-order valence-corrected chi connectivity index (χ0v) is 15.7. The van der Waals surface area contributed by atoms with Gasteiger partial charge in [-0.1, -0.05) is 52.3 Å². The molecule has 0 aliphatic carbocycles. The maximum Gasteiger partial charge on any atom is 0.319 e. The number of anilines is 1. The summed E-state index contributed by atoms with van der Waals surface area (Å²) >= 11 is 3.39. The van der Waals surface area contributed by atoms with Gasteiger partial charge in [0, 0.05) is 10.2 Å².